The number of sulfonamides is 1. The topological polar surface area (TPSA) is 72.2 Å². The van der Waals surface area contributed by atoms with E-state index in [1.807, 2.05) is 0 Å². The van der Waals surface area contributed by atoms with E-state index in [1.165, 1.54) is 12.1 Å². The molecule has 0 amide bonds. The first-order valence-electron chi connectivity index (χ1n) is 6.59. The number of hydrogen-bond acceptors (Lipinski definition) is 3. The van der Waals surface area contributed by atoms with Gasteiger partial charge in [-0.15, -0.1) is 0 Å². The van der Waals surface area contributed by atoms with Gasteiger partial charge in [0.1, 0.15) is 0 Å². The van der Waals surface area contributed by atoms with E-state index in [0.717, 1.165) is 0 Å². The third-order valence-corrected chi connectivity index (χ3v) is 4.85. The van der Waals surface area contributed by atoms with Gasteiger partial charge in [-0.25, -0.2) is 13.1 Å². The zero-order valence-electron chi connectivity index (χ0n) is 12.1. The van der Waals surface area contributed by atoms with Crippen molar-refractivity contribution >= 4 is 15.7 Å². The highest BCUT2D eigenvalue weighted by Crippen LogP contribution is 2.20. The maximum absolute atomic E-state index is 12.1. The molecule has 0 aromatic heterocycles. The van der Waals surface area contributed by atoms with Gasteiger partial charge in [-0.2, -0.15) is 0 Å². The van der Waals surface area contributed by atoms with Gasteiger partial charge in [0.2, 0.25) is 10.0 Å². The van der Waals surface area contributed by atoms with Gasteiger partial charge < -0.3 is 5.73 Å². The lowest BCUT2D eigenvalue weighted by Gasteiger charge is -2.25. The molecule has 0 bridgehead atoms. The van der Waals surface area contributed by atoms with Crippen molar-refractivity contribution in [2.75, 3.05) is 12.3 Å². The van der Waals surface area contributed by atoms with Gasteiger partial charge in [0.25, 0.3) is 0 Å². The van der Waals surface area contributed by atoms with Crippen LogP contribution in [0.15, 0.2) is 29.2 Å². The maximum Gasteiger partial charge on any atom is 0.240 e. The summed E-state index contributed by atoms with van der Waals surface area (Å²) in [7, 11) is -3.44. The van der Waals surface area contributed by atoms with Crippen molar-refractivity contribution in [1.82, 2.24) is 4.72 Å². The van der Waals surface area contributed by atoms with Crippen molar-refractivity contribution < 1.29 is 8.42 Å². The van der Waals surface area contributed by atoms with Gasteiger partial charge in [0.15, 0.2) is 0 Å². The molecule has 0 heterocycles. The normalized spacial score (nSPS) is 12.6. The summed E-state index contributed by atoms with van der Waals surface area (Å²) in [5.41, 5.74) is 6.11. The molecule has 0 atom stereocenters. The van der Waals surface area contributed by atoms with Gasteiger partial charge >= 0.3 is 0 Å². The molecule has 1 rings (SSSR count). The monoisotopic (exact) mass is 284 g/mol. The summed E-state index contributed by atoms with van der Waals surface area (Å²) in [5, 5.41) is 0. The van der Waals surface area contributed by atoms with Crippen LogP contribution in [0.3, 0.4) is 0 Å². The molecule has 1 aromatic rings. The zero-order valence-corrected chi connectivity index (χ0v) is 12.9. The van der Waals surface area contributed by atoms with E-state index < -0.39 is 10.0 Å². The lowest BCUT2D eigenvalue weighted by molar-refractivity contribution is 0.289. The minimum atomic E-state index is -3.44. The Balaban J connectivity index is 2.78. The smallest absolute Gasteiger partial charge is 0.240 e. The Kier molecular flexibility index (Phi) is 5.38. The summed E-state index contributed by atoms with van der Waals surface area (Å²) >= 11 is 0. The Morgan fingerprint density at radius 2 is 1.53 bits per heavy atom. The zero-order chi connectivity index (χ0) is 14.6. The molecule has 3 N–H and O–H groups in total. The van der Waals surface area contributed by atoms with Crippen LogP contribution >= 0.6 is 0 Å². The quantitative estimate of drug-likeness (QED) is 0.788. The highest BCUT2D eigenvalue weighted by molar-refractivity contribution is 7.89. The van der Waals surface area contributed by atoms with Crippen LogP contribution in [0.1, 0.15) is 27.7 Å². The van der Waals surface area contributed by atoms with E-state index >= 15 is 0 Å². The summed E-state index contributed by atoms with van der Waals surface area (Å²) in [5.74, 6) is 1.20. The lowest BCUT2D eigenvalue weighted by atomic mass is 9.86. The lowest BCUT2D eigenvalue weighted by Crippen LogP contribution is -2.33. The highest BCUT2D eigenvalue weighted by atomic mass is 32.2. The number of nitrogen functional groups attached to an aromatic ring is 1. The van der Waals surface area contributed by atoms with Gasteiger partial charge in [-0.05, 0) is 42.0 Å². The average molecular weight is 284 g/mol. The third-order valence-electron chi connectivity index (χ3n) is 3.41. The molecule has 5 heteroatoms. The number of rotatable bonds is 6. The second kappa shape index (κ2) is 6.39. The minimum Gasteiger partial charge on any atom is -0.399 e. The molecular formula is C14H24N2O2S. The molecule has 0 spiro atoms. The number of nitrogens with two attached hydrogens (primary N) is 1. The van der Waals surface area contributed by atoms with Gasteiger partial charge in [0, 0.05) is 12.2 Å². The molecule has 4 nitrogen and oxygen atoms in total. The first kappa shape index (κ1) is 16.0. The minimum absolute atomic E-state index is 0.257. The van der Waals surface area contributed by atoms with Gasteiger partial charge in [0.05, 0.1) is 4.90 Å². The summed E-state index contributed by atoms with van der Waals surface area (Å²) in [6.45, 7) is 8.91. The summed E-state index contributed by atoms with van der Waals surface area (Å²) in [6.07, 6.45) is 0. The molecule has 1 aromatic carbocycles. The summed E-state index contributed by atoms with van der Waals surface area (Å²) in [4.78, 5) is 0.257. The van der Waals surface area contributed by atoms with Crippen LogP contribution in [0.4, 0.5) is 5.69 Å². The van der Waals surface area contributed by atoms with E-state index in [1.54, 1.807) is 12.1 Å². The van der Waals surface area contributed by atoms with E-state index in [9.17, 15) is 8.42 Å². The number of anilines is 1. The van der Waals surface area contributed by atoms with Gasteiger partial charge in [-0.3, -0.25) is 0 Å². The van der Waals surface area contributed by atoms with Gasteiger partial charge in [-0.1, -0.05) is 27.7 Å². The highest BCUT2D eigenvalue weighted by Gasteiger charge is 2.21. The summed E-state index contributed by atoms with van der Waals surface area (Å²) < 4.78 is 27.0. The number of benzene rings is 1. The van der Waals surface area contributed by atoms with E-state index in [0.29, 0.717) is 30.0 Å². The van der Waals surface area contributed by atoms with E-state index in [-0.39, 0.29) is 4.90 Å². The van der Waals surface area contributed by atoms with Crippen LogP contribution < -0.4 is 10.5 Å². The standard InChI is InChI=1S/C14H24N2O2S/c1-10(2)14(11(3)4)9-16-19(17,18)13-7-5-12(15)6-8-13/h5-8,10-11,14,16H,9,15H2,1-4H3. The Morgan fingerprint density at radius 3 is 1.95 bits per heavy atom. The molecule has 0 unspecified atom stereocenters. The molecule has 108 valence electrons. The van der Waals surface area contributed by atoms with Crippen LogP contribution in [0, 0.1) is 17.8 Å². The SMILES string of the molecule is CC(C)C(CNS(=O)(=O)c1ccc(N)cc1)C(C)C. The van der Waals surface area contributed by atoms with E-state index in [2.05, 4.69) is 32.4 Å². The van der Waals surface area contributed by atoms with Crippen molar-refractivity contribution in [3.8, 4) is 0 Å². The fraction of sp³-hybridized carbons (Fsp3) is 0.571. The second-order valence-electron chi connectivity index (χ2n) is 5.57. The van der Waals surface area contributed by atoms with Crippen molar-refractivity contribution in [3.05, 3.63) is 24.3 Å². The predicted molar refractivity (Wildman–Crippen MR) is 79.2 cm³/mol. The fourth-order valence-electron chi connectivity index (χ4n) is 2.18. The molecular weight excluding hydrogens is 260 g/mol. The Hall–Kier alpha value is -1.07. The van der Waals surface area contributed by atoms with Crippen molar-refractivity contribution in [3.63, 3.8) is 0 Å². The van der Waals surface area contributed by atoms with Crippen LogP contribution in [0.25, 0.3) is 0 Å². The molecule has 0 aliphatic heterocycles. The summed E-state index contributed by atoms with van der Waals surface area (Å²) in [6, 6.07) is 6.24. The largest absolute Gasteiger partial charge is 0.399 e. The predicted octanol–water partition coefficient (Wildman–Crippen LogP) is 2.48. The van der Waals surface area contributed by atoms with Crippen molar-refractivity contribution in [2.24, 2.45) is 17.8 Å². The van der Waals surface area contributed by atoms with Crippen molar-refractivity contribution in [1.29, 1.82) is 0 Å². The number of hydrogen-bond donors (Lipinski definition) is 2. The average Bonchev–Trinajstić information content (AvgIpc) is 2.28. The Labute approximate surface area is 116 Å². The van der Waals surface area contributed by atoms with Crippen molar-refractivity contribution in [2.45, 2.75) is 32.6 Å². The van der Waals surface area contributed by atoms with Crippen LogP contribution in [0.2, 0.25) is 0 Å². The molecule has 19 heavy (non-hydrogen) atoms. The number of nitrogens with one attached hydrogen (secondary N) is 1. The first-order valence-corrected chi connectivity index (χ1v) is 8.07. The molecule has 0 saturated heterocycles. The molecule has 0 fully saturated rings. The second-order valence-corrected chi connectivity index (χ2v) is 7.34. The molecule has 0 aliphatic rings. The van der Waals surface area contributed by atoms with E-state index in [4.69, 9.17) is 5.73 Å². The molecule has 0 saturated carbocycles. The van der Waals surface area contributed by atoms with Crippen LogP contribution in [-0.2, 0) is 10.0 Å². The van der Waals surface area contributed by atoms with Crippen LogP contribution in [0.5, 0.6) is 0 Å². The fourth-order valence-corrected chi connectivity index (χ4v) is 3.25. The maximum atomic E-state index is 12.1. The molecule has 0 aliphatic carbocycles. The Morgan fingerprint density at radius 1 is 1.05 bits per heavy atom. The Bertz CT molecular complexity index is 485. The first-order chi connectivity index (χ1) is 8.74. The van der Waals surface area contributed by atoms with Crippen LogP contribution in [-0.4, -0.2) is 15.0 Å². The molecule has 0 radical (unpaired) electrons. The third kappa shape index (κ3) is 4.51.